The number of unbranched alkanes of at least 4 members (excludes halogenated alkanes) is 23. The van der Waals surface area contributed by atoms with E-state index in [0.29, 0.717) is 12.8 Å². The summed E-state index contributed by atoms with van der Waals surface area (Å²) in [5.74, 6) is -0.158. The van der Waals surface area contributed by atoms with Gasteiger partial charge in [-0.3, -0.25) is 4.79 Å². The number of amides is 1. The van der Waals surface area contributed by atoms with Crippen molar-refractivity contribution in [1.82, 2.24) is 5.32 Å². The molecule has 0 saturated carbocycles. The first-order chi connectivity index (χ1) is 22.1. The second-order valence-electron chi connectivity index (χ2n) is 13.5. The van der Waals surface area contributed by atoms with Gasteiger partial charge in [0.15, 0.2) is 0 Å². The first kappa shape index (κ1) is 43.8. The van der Waals surface area contributed by atoms with Crippen molar-refractivity contribution >= 4 is 5.91 Å². The molecule has 0 aliphatic rings. The Morgan fingerprint density at radius 1 is 0.533 bits per heavy atom. The molecule has 1 amide bonds. The van der Waals surface area contributed by atoms with Gasteiger partial charge < -0.3 is 20.6 Å². The van der Waals surface area contributed by atoms with Crippen molar-refractivity contribution in [2.75, 3.05) is 6.61 Å². The second-order valence-corrected chi connectivity index (χ2v) is 13.5. The van der Waals surface area contributed by atoms with Crippen LogP contribution in [0.25, 0.3) is 0 Å². The predicted molar refractivity (Wildman–Crippen MR) is 195 cm³/mol. The Bertz CT molecular complexity index is 665. The van der Waals surface area contributed by atoms with E-state index in [0.717, 1.165) is 44.9 Å². The summed E-state index contributed by atoms with van der Waals surface area (Å²) in [7, 11) is 0. The van der Waals surface area contributed by atoms with Crippen LogP contribution in [0.1, 0.15) is 200 Å². The SMILES string of the molecule is CCCCCCCCCC/C=C/CC/C=C/CCCC(O)C(O)C(CO)NC(=O)CCCCCCCCCCCCCCCC. The minimum atomic E-state index is -1.16. The van der Waals surface area contributed by atoms with Crippen LogP contribution in [0.5, 0.6) is 0 Å². The lowest BCUT2D eigenvalue weighted by atomic mass is 10.0. The summed E-state index contributed by atoms with van der Waals surface area (Å²) in [4.78, 5) is 12.4. The standard InChI is InChI=1S/C40H77NO4/c1-3-5-7-9-11-13-15-17-19-20-21-22-24-26-28-30-32-34-38(43)40(45)37(36-42)41-39(44)35-33-31-29-27-25-23-18-16-14-12-10-8-6-4-2/h20-21,26,28,37-38,40,42-43,45H,3-19,22-25,27,29-36H2,1-2H3,(H,41,44)/b21-20+,28-26+. The normalized spacial score (nSPS) is 14.0. The maximum atomic E-state index is 12.4. The molecule has 45 heavy (non-hydrogen) atoms. The van der Waals surface area contributed by atoms with Gasteiger partial charge in [-0.05, 0) is 51.4 Å². The van der Waals surface area contributed by atoms with Gasteiger partial charge in [0.05, 0.1) is 18.8 Å². The van der Waals surface area contributed by atoms with Crippen molar-refractivity contribution in [3.05, 3.63) is 24.3 Å². The summed E-state index contributed by atoms with van der Waals surface area (Å²) in [6, 6.07) is -0.827. The van der Waals surface area contributed by atoms with Crippen molar-refractivity contribution in [2.45, 2.75) is 218 Å². The van der Waals surface area contributed by atoms with Crippen LogP contribution in [0.15, 0.2) is 24.3 Å². The number of carbonyl (C=O) groups is 1. The smallest absolute Gasteiger partial charge is 0.220 e. The van der Waals surface area contributed by atoms with Crippen LogP contribution in [0.4, 0.5) is 0 Å². The molecule has 0 aliphatic heterocycles. The number of aliphatic hydroxyl groups excluding tert-OH is 3. The largest absolute Gasteiger partial charge is 0.394 e. The minimum Gasteiger partial charge on any atom is -0.394 e. The average molecular weight is 636 g/mol. The van der Waals surface area contributed by atoms with E-state index in [-0.39, 0.29) is 12.5 Å². The zero-order valence-electron chi connectivity index (χ0n) is 30.0. The zero-order chi connectivity index (χ0) is 33.1. The molecule has 0 saturated heterocycles. The third-order valence-corrected chi connectivity index (χ3v) is 9.04. The van der Waals surface area contributed by atoms with Crippen LogP contribution in [-0.4, -0.2) is 46.1 Å². The number of hydrogen-bond acceptors (Lipinski definition) is 4. The van der Waals surface area contributed by atoms with Crippen molar-refractivity contribution in [3.63, 3.8) is 0 Å². The number of allylic oxidation sites excluding steroid dienone is 4. The summed E-state index contributed by atoms with van der Waals surface area (Å²) >= 11 is 0. The Hall–Kier alpha value is -1.17. The fourth-order valence-electron chi connectivity index (χ4n) is 5.94. The van der Waals surface area contributed by atoms with Crippen LogP contribution < -0.4 is 5.32 Å². The molecule has 0 heterocycles. The molecule has 266 valence electrons. The topological polar surface area (TPSA) is 89.8 Å². The van der Waals surface area contributed by atoms with Gasteiger partial charge in [-0.25, -0.2) is 0 Å². The Morgan fingerprint density at radius 2 is 0.911 bits per heavy atom. The van der Waals surface area contributed by atoms with Crippen molar-refractivity contribution in [2.24, 2.45) is 0 Å². The summed E-state index contributed by atoms with van der Waals surface area (Å²) in [6.07, 6.45) is 41.3. The Balaban J connectivity index is 3.74. The van der Waals surface area contributed by atoms with Gasteiger partial charge in [0.2, 0.25) is 5.91 Å². The summed E-state index contributed by atoms with van der Waals surface area (Å²) in [5, 5.41) is 33.4. The van der Waals surface area contributed by atoms with Gasteiger partial charge in [-0.1, -0.05) is 167 Å². The quantitative estimate of drug-likeness (QED) is 0.0412. The number of nitrogens with one attached hydrogen (secondary N) is 1. The first-order valence-electron chi connectivity index (χ1n) is 19.6. The zero-order valence-corrected chi connectivity index (χ0v) is 30.0. The molecule has 0 bridgehead atoms. The van der Waals surface area contributed by atoms with Gasteiger partial charge in [-0.15, -0.1) is 0 Å². The molecule has 0 aromatic rings. The lowest BCUT2D eigenvalue weighted by Gasteiger charge is -2.26. The minimum absolute atomic E-state index is 0.158. The van der Waals surface area contributed by atoms with Crippen LogP contribution in [-0.2, 0) is 4.79 Å². The number of hydrogen-bond donors (Lipinski definition) is 4. The average Bonchev–Trinajstić information content (AvgIpc) is 3.04. The molecule has 3 atom stereocenters. The van der Waals surface area contributed by atoms with E-state index < -0.39 is 18.2 Å². The van der Waals surface area contributed by atoms with Gasteiger partial charge in [0.1, 0.15) is 6.10 Å². The van der Waals surface area contributed by atoms with Crippen molar-refractivity contribution in [3.8, 4) is 0 Å². The molecule has 0 aliphatic carbocycles. The van der Waals surface area contributed by atoms with E-state index in [1.807, 2.05) is 0 Å². The van der Waals surface area contributed by atoms with Crippen LogP contribution >= 0.6 is 0 Å². The van der Waals surface area contributed by atoms with Gasteiger partial charge in [0, 0.05) is 6.42 Å². The molecule has 0 rings (SSSR count). The number of aliphatic hydroxyl groups is 3. The van der Waals surface area contributed by atoms with E-state index in [1.54, 1.807) is 0 Å². The lowest BCUT2D eigenvalue weighted by Crippen LogP contribution is -2.50. The third-order valence-electron chi connectivity index (χ3n) is 9.04. The van der Waals surface area contributed by atoms with Crippen molar-refractivity contribution in [1.29, 1.82) is 0 Å². The molecule has 3 unspecified atom stereocenters. The van der Waals surface area contributed by atoms with E-state index in [2.05, 4.69) is 43.5 Å². The fraction of sp³-hybridized carbons (Fsp3) is 0.875. The molecule has 5 heteroatoms. The Morgan fingerprint density at radius 3 is 1.36 bits per heavy atom. The van der Waals surface area contributed by atoms with Gasteiger partial charge >= 0.3 is 0 Å². The fourth-order valence-corrected chi connectivity index (χ4v) is 5.94. The maximum absolute atomic E-state index is 12.4. The van der Waals surface area contributed by atoms with Gasteiger partial charge in [-0.2, -0.15) is 0 Å². The molecule has 0 radical (unpaired) electrons. The van der Waals surface area contributed by atoms with Crippen LogP contribution in [0.2, 0.25) is 0 Å². The maximum Gasteiger partial charge on any atom is 0.220 e. The van der Waals surface area contributed by atoms with Crippen molar-refractivity contribution < 1.29 is 20.1 Å². The molecule has 0 spiro atoms. The first-order valence-corrected chi connectivity index (χ1v) is 19.6. The molecule has 5 nitrogen and oxygen atoms in total. The van der Waals surface area contributed by atoms with Crippen LogP contribution in [0, 0.1) is 0 Å². The summed E-state index contributed by atoms with van der Waals surface area (Å²) in [5.41, 5.74) is 0. The van der Waals surface area contributed by atoms with E-state index in [4.69, 9.17) is 0 Å². The molecule has 0 aromatic heterocycles. The second kappa shape index (κ2) is 35.7. The van der Waals surface area contributed by atoms with Crippen LogP contribution in [0.3, 0.4) is 0 Å². The van der Waals surface area contributed by atoms with E-state index in [9.17, 15) is 20.1 Å². The highest BCUT2D eigenvalue weighted by atomic mass is 16.3. The molecule has 0 aromatic carbocycles. The van der Waals surface area contributed by atoms with E-state index in [1.165, 1.54) is 128 Å². The Kier molecular flexibility index (Phi) is 34.8. The van der Waals surface area contributed by atoms with Gasteiger partial charge in [0.25, 0.3) is 0 Å². The molecule has 4 N–H and O–H groups in total. The summed E-state index contributed by atoms with van der Waals surface area (Å²) < 4.78 is 0. The Labute approximate surface area is 280 Å². The lowest BCUT2D eigenvalue weighted by molar-refractivity contribution is -0.124. The predicted octanol–water partition coefficient (Wildman–Crippen LogP) is 10.7. The molecular weight excluding hydrogens is 558 g/mol. The highest BCUT2D eigenvalue weighted by Gasteiger charge is 2.26. The highest BCUT2D eigenvalue weighted by Crippen LogP contribution is 2.14. The third kappa shape index (κ3) is 31.2. The summed E-state index contributed by atoms with van der Waals surface area (Å²) in [6.45, 7) is 4.15. The molecular formula is C40H77NO4. The molecule has 0 fully saturated rings. The van der Waals surface area contributed by atoms with E-state index >= 15 is 0 Å². The number of rotatable bonds is 35. The number of carbonyl (C=O) groups excluding carboxylic acids is 1. The highest BCUT2D eigenvalue weighted by molar-refractivity contribution is 5.76. The monoisotopic (exact) mass is 636 g/mol.